The van der Waals surface area contributed by atoms with Gasteiger partial charge >= 0.3 is 0 Å². The second-order valence-corrected chi connectivity index (χ2v) is 9.84. The average Bonchev–Trinajstić information content (AvgIpc) is 2.92. The lowest BCUT2D eigenvalue weighted by molar-refractivity contribution is 0.0954. The molecule has 0 aliphatic carbocycles. The number of rotatable bonds is 11. The maximum absolute atomic E-state index is 12.6. The molecular weight excluding hydrogens is 612 g/mol. The molecule has 8 heteroatoms. The molecule has 0 aliphatic rings. The molecule has 4 aromatic carbocycles. The summed E-state index contributed by atoms with van der Waals surface area (Å²) in [6, 6.07) is 23.1. The molecule has 38 heavy (non-hydrogen) atoms. The summed E-state index contributed by atoms with van der Waals surface area (Å²) in [6.07, 6.45) is 3.21. The van der Waals surface area contributed by atoms with Crippen LogP contribution in [-0.4, -0.2) is 25.3 Å². The maximum atomic E-state index is 12.6. The highest BCUT2D eigenvalue weighted by atomic mass is 79.9. The minimum absolute atomic E-state index is 0.341. The summed E-state index contributed by atoms with van der Waals surface area (Å²) in [7, 11) is 0. The summed E-state index contributed by atoms with van der Waals surface area (Å²) >= 11 is 7.18. The van der Waals surface area contributed by atoms with Crippen LogP contribution in [0.4, 0.5) is 0 Å². The van der Waals surface area contributed by atoms with Crippen molar-refractivity contribution in [2.24, 2.45) is 5.10 Å². The van der Waals surface area contributed by atoms with E-state index in [4.69, 9.17) is 14.2 Å². The zero-order valence-electron chi connectivity index (χ0n) is 20.7. The van der Waals surface area contributed by atoms with Crippen LogP contribution in [0.5, 0.6) is 17.2 Å². The van der Waals surface area contributed by atoms with Gasteiger partial charge < -0.3 is 14.2 Å². The standard InChI is InChI=1S/C30H26Br2N2O4/c1-3-14-37-27-13-12-22(17-28(27)36-4-2)30(35)34-33-18-20-15-25(31)29(26(32)16-20)38-19-23-10-7-9-21-8-5-6-11-24(21)23/h3,5-13,15-18H,1,4,14,19H2,2H3,(H,34,35)/b33-18+. The van der Waals surface area contributed by atoms with Crippen molar-refractivity contribution in [1.29, 1.82) is 0 Å². The van der Waals surface area contributed by atoms with Crippen molar-refractivity contribution >= 4 is 54.8 Å². The Morgan fingerprint density at radius 3 is 2.47 bits per heavy atom. The van der Waals surface area contributed by atoms with Crippen molar-refractivity contribution < 1.29 is 19.0 Å². The Morgan fingerprint density at radius 1 is 0.947 bits per heavy atom. The number of hydrogen-bond acceptors (Lipinski definition) is 5. The minimum Gasteiger partial charge on any atom is -0.490 e. The summed E-state index contributed by atoms with van der Waals surface area (Å²) < 4.78 is 18.9. The first kappa shape index (κ1) is 27.4. The van der Waals surface area contributed by atoms with Crippen LogP contribution in [0, 0.1) is 0 Å². The molecule has 4 aromatic rings. The van der Waals surface area contributed by atoms with E-state index in [1.807, 2.05) is 37.3 Å². The van der Waals surface area contributed by atoms with E-state index < -0.39 is 0 Å². The summed E-state index contributed by atoms with van der Waals surface area (Å²) in [5, 5.41) is 6.45. The number of hydrogen-bond donors (Lipinski definition) is 1. The van der Waals surface area contributed by atoms with Crippen LogP contribution in [0.2, 0.25) is 0 Å². The summed E-state index contributed by atoms with van der Waals surface area (Å²) in [5.41, 5.74) is 4.82. The van der Waals surface area contributed by atoms with Crippen LogP contribution >= 0.6 is 31.9 Å². The Bertz CT molecular complexity index is 1460. The average molecular weight is 638 g/mol. The lowest BCUT2D eigenvalue weighted by Gasteiger charge is -2.13. The molecule has 0 heterocycles. The molecule has 0 radical (unpaired) electrons. The molecule has 0 unspecified atom stereocenters. The van der Waals surface area contributed by atoms with Crippen LogP contribution < -0.4 is 19.6 Å². The second kappa shape index (κ2) is 13.3. The molecule has 0 bridgehead atoms. The van der Waals surface area contributed by atoms with Crippen LogP contribution in [0.25, 0.3) is 10.8 Å². The van der Waals surface area contributed by atoms with Crippen LogP contribution in [-0.2, 0) is 6.61 Å². The van der Waals surface area contributed by atoms with E-state index in [1.165, 1.54) is 5.39 Å². The largest absolute Gasteiger partial charge is 0.490 e. The third kappa shape index (κ3) is 6.82. The predicted molar refractivity (Wildman–Crippen MR) is 158 cm³/mol. The fourth-order valence-corrected chi connectivity index (χ4v) is 5.23. The number of ether oxygens (including phenoxy) is 3. The van der Waals surface area contributed by atoms with Gasteiger partial charge in [-0.15, -0.1) is 0 Å². The third-order valence-corrected chi connectivity index (χ3v) is 6.69. The van der Waals surface area contributed by atoms with Crippen LogP contribution in [0.15, 0.2) is 99.5 Å². The number of amides is 1. The number of halogens is 2. The van der Waals surface area contributed by atoms with Crippen molar-refractivity contribution in [3.05, 3.63) is 111 Å². The molecule has 0 spiro atoms. The molecule has 0 saturated heterocycles. The highest BCUT2D eigenvalue weighted by molar-refractivity contribution is 9.11. The van der Waals surface area contributed by atoms with E-state index in [9.17, 15) is 4.79 Å². The molecule has 0 aliphatic heterocycles. The van der Waals surface area contributed by atoms with E-state index in [2.05, 4.69) is 73.2 Å². The van der Waals surface area contributed by atoms with Gasteiger partial charge in [0, 0.05) is 5.56 Å². The van der Waals surface area contributed by atoms with Crippen molar-refractivity contribution in [3.63, 3.8) is 0 Å². The Balaban J connectivity index is 1.42. The monoisotopic (exact) mass is 636 g/mol. The van der Waals surface area contributed by atoms with Gasteiger partial charge in [-0.2, -0.15) is 5.10 Å². The van der Waals surface area contributed by atoms with Crippen LogP contribution in [0.3, 0.4) is 0 Å². The Morgan fingerprint density at radius 2 is 1.71 bits per heavy atom. The fourth-order valence-electron chi connectivity index (χ4n) is 3.78. The number of nitrogens with zero attached hydrogens (tertiary/aromatic N) is 1. The van der Waals surface area contributed by atoms with E-state index in [1.54, 1.807) is 30.5 Å². The molecule has 0 fully saturated rings. The predicted octanol–water partition coefficient (Wildman–Crippen LogP) is 7.67. The van der Waals surface area contributed by atoms with Crippen molar-refractivity contribution in [2.45, 2.75) is 13.5 Å². The number of hydrazone groups is 1. The minimum atomic E-state index is -0.370. The van der Waals surface area contributed by atoms with Gasteiger partial charge in [0.1, 0.15) is 19.0 Å². The highest BCUT2D eigenvalue weighted by Crippen LogP contribution is 2.35. The maximum Gasteiger partial charge on any atom is 0.271 e. The number of benzene rings is 4. The smallest absolute Gasteiger partial charge is 0.271 e. The van der Waals surface area contributed by atoms with Gasteiger partial charge in [-0.3, -0.25) is 4.79 Å². The highest BCUT2D eigenvalue weighted by Gasteiger charge is 2.12. The first-order chi connectivity index (χ1) is 18.5. The molecule has 4 rings (SSSR count). The number of carbonyl (C=O) groups excluding carboxylic acids is 1. The lowest BCUT2D eigenvalue weighted by atomic mass is 10.1. The van der Waals surface area contributed by atoms with Crippen molar-refractivity contribution in [2.75, 3.05) is 13.2 Å². The van der Waals surface area contributed by atoms with E-state index in [0.717, 1.165) is 25.5 Å². The second-order valence-electron chi connectivity index (χ2n) is 8.13. The molecule has 194 valence electrons. The number of carbonyl (C=O) groups is 1. The normalized spacial score (nSPS) is 10.9. The molecule has 6 nitrogen and oxygen atoms in total. The molecule has 1 amide bonds. The Kier molecular flexibility index (Phi) is 9.56. The quantitative estimate of drug-likeness (QED) is 0.104. The molecular formula is C30H26Br2N2O4. The zero-order valence-corrected chi connectivity index (χ0v) is 23.9. The fraction of sp³-hybridized carbons (Fsp3) is 0.133. The SMILES string of the molecule is C=CCOc1ccc(C(=O)N/N=C/c2cc(Br)c(OCc3cccc4ccccc34)c(Br)c2)cc1OCC. The Hall–Kier alpha value is -3.62. The van der Waals surface area contributed by atoms with Gasteiger partial charge in [0.25, 0.3) is 5.91 Å². The third-order valence-electron chi connectivity index (χ3n) is 5.51. The number of fused-ring (bicyclic) bond motifs is 1. The topological polar surface area (TPSA) is 69.2 Å². The van der Waals surface area contributed by atoms with Gasteiger partial charge in [0.15, 0.2) is 11.5 Å². The van der Waals surface area contributed by atoms with E-state index >= 15 is 0 Å². The van der Waals surface area contributed by atoms with Crippen molar-refractivity contribution in [1.82, 2.24) is 5.43 Å². The molecule has 0 atom stereocenters. The van der Waals surface area contributed by atoms with E-state index in [-0.39, 0.29) is 5.91 Å². The van der Waals surface area contributed by atoms with Crippen LogP contribution in [0.1, 0.15) is 28.4 Å². The van der Waals surface area contributed by atoms with Gasteiger partial charge in [0.05, 0.1) is 21.8 Å². The first-order valence-electron chi connectivity index (χ1n) is 11.9. The van der Waals surface area contributed by atoms with E-state index in [0.29, 0.717) is 42.6 Å². The molecule has 0 saturated carbocycles. The van der Waals surface area contributed by atoms with Gasteiger partial charge in [-0.25, -0.2) is 5.43 Å². The summed E-state index contributed by atoms with van der Waals surface area (Å²) in [4.78, 5) is 12.6. The van der Waals surface area contributed by atoms with Gasteiger partial charge in [0.2, 0.25) is 0 Å². The molecule has 0 aromatic heterocycles. The molecule has 1 N–H and O–H groups in total. The first-order valence-corrected chi connectivity index (χ1v) is 13.5. The number of nitrogens with one attached hydrogen (secondary N) is 1. The summed E-state index contributed by atoms with van der Waals surface area (Å²) in [5.74, 6) is 1.34. The lowest BCUT2D eigenvalue weighted by Crippen LogP contribution is -2.17. The van der Waals surface area contributed by atoms with Crippen molar-refractivity contribution in [3.8, 4) is 17.2 Å². The van der Waals surface area contributed by atoms with Gasteiger partial charge in [-0.1, -0.05) is 55.1 Å². The summed E-state index contributed by atoms with van der Waals surface area (Å²) in [6.45, 7) is 6.71. The Labute approximate surface area is 238 Å². The zero-order chi connectivity index (χ0) is 26.9. The van der Waals surface area contributed by atoms with Gasteiger partial charge in [-0.05, 0) is 91.0 Å².